The minimum absolute atomic E-state index is 0.750. The number of thiophene rings is 1. The fourth-order valence-corrected chi connectivity index (χ4v) is 3.05. The number of hydrogen-bond donors (Lipinski definition) is 2. The summed E-state index contributed by atoms with van der Waals surface area (Å²) in [5, 5.41) is 8.77. The molecule has 0 aliphatic carbocycles. The van der Waals surface area contributed by atoms with Gasteiger partial charge in [-0.05, 0) is 42.0 Å². The maximum absolute atomic E-state index is 5.33. The fraction of sp³-hybridized carbons (Fsp3) is 0.389. The van der Waals surface area contributed by atoms with Crippen molar-refractivity contribution in [1.82, 2.24) is 10.6 Å². The van der Waals surface area contributed by atoms with Gasteiger partial charge in [-0.2, -0.15) is 0 Å². The van der Waals surface area contributed by atoms with Crippen molar-refractivity contribution in [3.8, 4) is 11.5 Å². The van der Waals surface area contributed by atoms with Crippen LogP contribution in [0.5, 0.6) is 11.5 Å². The Kier molecular flexibility index (Phi) is 7.42. The van der Waals surface area contributed by atoms with Crippen LogP contribution < -0.4 is 20.1 Å². The molecule has 0 fully saturated rings. The van der Waals surface area contributed by atoms with Crippen LogP contribution in [0.15, 0.2) is 40.7 Å². The number of guanidine groups is 1. The zero-order chi connectivity index (χ0) is 17.2. The van der Waals surface area contributed by atoms with E-state index in [1.807, 2.05) is 12.1 Å². The zero-order valence-corrected chi connectivity index (χ0v) is 15.3. The maximum Gasteiger partial charge on any atom is 0.190 e. The van der Waals surface area contributed by atoms with E-state index in [0.29, 0.717) is 0 Å². The third kappa shape index (κ3) is 5.45. The van der Waals surface area contributed by atoms with Crippen LogP contribution in [0.3, 0.4) is 0 Å². The van der Waals surface area contributed by atoms with Crippen LogP contribution >= 0.6 is 11.3 Å². The van der Waals surface area contributed by atoms with Gasteiger partial charge in [0, 0.05) is 25.0 Å². The Morgan fingerprint density at radius 1 is 1.04 bits per heavy atom. The highest BCUT2D eigenvalue weighted by Gasteiger charge is 2.05. The molecule has 24 heavy (non-hydrogen) atoms. The minimum Gasteiger partial charge on any atom is -0.493 e. The summed E-state index contributed by atoms with van der Waals surface area (Å²) in [6.45, 7) is 1.67. The van der Waals surface area contributed by atoms with Crippen LogP contribution in [0.1, 0.15) is 10.4 Å². The molecule has 0 unspecified atom stereocenters. The third-order valence-corrected chi connectivity index (χ3v) is 4.56. The standard InChI is InChI=1S/C18H25N3O2S/c1-19-18(21-11-9-15-5-4-12-24-15)20-10-8-14-6-7-16(22-2)17(13-14)23-3/h4-7,12-13H,8-11H2,1-3H3,(H2,19,20,21). The van der Waals surface area contributed by atoms with Crippen molar-refractivity contribution in [3.05, 3.63) is 46.2 Å². The molecule has 130 valence electrons. The van der Waals surface area contributed by atoms with Crippen molar-refractivity contribution >= 4 is 17.3 Å². The van der Waals surface area contributed by atoms with Crippen LogP contribution in [0.4, 0.5) is 0 Å². The number of rotatable bonds is 8. The van der Waals surface area contributed by atoms with E-state index in [1.165, 1.54) is 10.4 Å². The molecule has 2 rings (SSSR count). The monoisotopic (exact) mass is 347 g/mol. The van der Waals surface area contributed by atoms with Gasteiger partial charge in [0.15, 0.2) is 17.5 Å². The molecule has 0 aliphatic heterocycles. The molecule has 0 radical (unpaired) electrons. The van der Waals surface area contributed by atoms with E-state index < -0.39 is 0 Å². The lowest BCUT2D eigenvalue weighted by Gasteiger charge is -2.12. The van der Waals surface area contributed by atoms with E-state index in [2.05, 4.69) is 39.2 Å². The first-order chi connectivity index (χ1) is 11.8. The second-order valence-corrected chi connectivity index (χ2v) is 6.23. The number of hydrogen-bond acceptors (Lipinski definition) is 4. The van der Waals surface area contributed by atoms with E-state index in [9.17, 15) is 0 Å². The van der Waals surface area contributed by atoms with Crippen LogP contribution in [-0.2, 0) is 12.8 Å². The average Bonchev–Trinajstić information content (AvgIpc) is 3.13. The number of benzene rings is 1. The summed E-state index contributed by atoms with van der Waals surface area (Å²) in [4.78, 5) is 5.63. The molecule has 1 aromatic heterocycles. The second-order valence-electron chi connectivity index (χ2n) is 5.19. The summed E-state index contributed by atoms with van der Waals surface area (Å²) in [5.41, 5.74) is 1.19. The molecule has 5 nitrogen and oxygen atoms in total. The molecular formula is C18H25N3O2S. The molecule has 1 aromatic carbocycles. The Morgan fingerprint density at radius 3 is 2.42 bits per heavy atom. The molecule has 0 atom stereocenters. The van der Waals surface area contributed by atoms with Crippen LogP contribution in [0.2, 0.25) is 0 Å². The van der Waals surface area contributed by atoms with Crippen LogP contribution in [0, 0.1) is 0 Å². The van der Waals surface area contributed by atoms with Crippen molar-refractivity contribution in [3.63, 3.8) is 0 Å². The van der Waals surface area contributed by atoms with Gasteiger partial charge in [-0.3, -0.25) is 4.99 Å². The lowest BCUT2D eigenvalue weighted by Crippen LogP contribution is -2.39. The largest absolute Gasteiger partial charge is 0.493 e. The molecule has 6 heteroatoms. The molecule has 0 amide bonds. The Hall–Kier alpha value is -2.21. The SMILES string of the molecule is CN=C(NCCc1ccc(OC)c(OC)c1)NCCc1cccs1. The van der Waals surface area contributed by atoms with E-state index >= 15 is 0 Å². The Morgan fingerprint density at radius 2 is 1.79 bits per heavy atom. The molecule has 0 bridgehead atoms. The van der Waals surface area contributed by atoms with Crippen LogP contribution in [-0.4, -0.2) is 40.3 Å². The highest BCUT2D eigenvalue weighted by Crippen LogP contribution is 2.27. The molecule has 0 aliphatic rings. The zero-order valence-electron chi connectivity index (χ0n) is 14.5. The summed E-state index contributed by atoms with van der Waals surface area (Å²) >= 11 is 1.78. The van der Waals surface area contributed by atoms with E-state index in [0.717, 1.165) is 43.4 Å². The van der Waals surface area contributed by atoms with Gasteiger partial charge in [0.1, 0.15) is 0 Å². The van der Waals surface area contributed by atoms with Gasteiger partial charge in [-0.15, -0.1) is 11.3 Å². The normalized spacial score (nSPS) is 11.2. The van der Waals surface area contributed by atoms with Gasteiger partial charge in [-0.25, -0.2) is 0 Å². The van der Waals surface area contributed by atoms with Gasteiger partial charge in [-0.1, -0.05) is 12.1 Å². The first-order valence-electron chi connectivity index (χ1n) is 7.94. The Bertz CT molecular complexity index is 642. The van der Waals surface area contributed by atoms with Crippen molar-refractivity contribution in [2.45, 2.75) is 12.8 Å². The molecule has 1 heterocycles. The van der Waals surface area contributed by atoms with Gasteiger partial charge in [0.25, 0.3) is 0 Å². The van der Waals surface area contributed by atoms with Crippen molar-refractivity contribution in [2.75, 3.05) is 34.4 Å². The Balaban J connectivity index is 1.75. The first kappa shape index (κ1) is 18.1. The predicted molar refractivity (Wildman–Crippen MR) is 101 cm³/mol. The second kappa shape index (κ2) is 9.82. The lowest BCUT2D eigenvalue weighted by molar-refractivity contribution is 0.354. The number of ether oxygens (including phenoxy) is 2. The van der Waals surface area contributed by atoms with Crippen molar-refractivity contribution < 1.29 is 9.47 Å². The van der Waals surface area contributed by atoms with E-state index in [-0.39, 0.29) is 0 Å². The number of methoxy groups -OCH3 is 2. The molecule has 0 saturated carbocycles. The smallest absolute Gasteiger partial charge is 0.190 e. The van der Waals surface area contributed by atoms with Crippen molar-refractivity contribution in [1.29, 1.82) is 0 Å². The molecule has 0 saturated heterocycles. The summed E-state index contributed by atoms with van der Waals surface area (Å²) in [6, 6.07) is 10.2. The quantitative estimate of drug-likeness (QED) is 0.569. The van der Waals surface area contributed by atoms with E-state index in [4.69, 9.17) is 9.47 Å². The number of nitrogens with one attached hydrogen (secondary N) is 2. The maximum atomic E-state index is 5.33. The predicted octanol–water partition coefficient (Wildman–Crippen LogP) is 2.72. The van der Waals surface area contributed by atoms with Crippen molar-refractivity contribution in [2.24, 2.45) is 4.99 Å². The molecule has 2 N–H and O–H groups in total. The average molecular weight is 347 g/mol. The Labute approximate surface area is 147 Å². The van der Waals surface area contributed by atoms with Gasteiger partial charge in [0.05, 0.1) is 14.2 Å². The summed E-state index contributed by atoms with van der Waals surface area (Å²) < 4.78 is 10.6. The highest BCUT2D eigenvalue weighted by atomic mass is 32.1. The first-order valence-corrected chi connectivity index (χ1v) is 8.82. The molecule has 2 aromatic rings. The summed E-state index contributed by atoms with van der Waals surface area (Å²) in [6.07, 6.45) is 1.89. The lowest BCUT2D eigenvalue weighted by atomic mass is 10.1. The third-order valence-electron chi connectivity index (χ3n) is 3.62. The van der Waals surface area contributed by atoms with Gasteiger partial charge >= 0.3 is 0 Å². The van der Waals surface area contributed by atoms with E-state index in [1.54, 1.807) is 32.6 Å². The summed E-state index contributed by atoms with van der Waals surface area (Å²) in [5.74, 6) is 2.33. The molecule has 0 spiro atoms. The highest BCUT2D eigenvalue weighted by molar-refractivity contribution is 7.09. The topological polar surface area (TPSA) is 54.9 Å². The molecular weight excluding hydrogens is 322 g/mol. The van der Waals surface area contributed by atoms with Gasteiger partial charge < -0.3 is 20.1 Å². The fourth-order valence-electron chi connectivity index (χ4n) is 2.34. The van der Waals surface area contributed by atoms with Gasteiger partial charge in [0.2, 0.25) is 0 Å². The summed E-state index contributed by atoms with van der Waals surface area (Å²) in [7, 11) is 5.08. The van der Waals surface area contributed by atoms with Crippen LogP contribution in [0.25, 0.3) is 0 Å². The minimum atomic E-state index is 0.750. The number of aliphatic imine (C=N–C) groups is 1. The number of nitrogens with zero attached hydrogens (tertiary/aromatic N) is 1.